The van der Waals surface area contributed by atoms with Gasteiger partial charge in [0.15, 0.2) is 0 Å². The number of likely N-dealkylation sites (N-methyl/N-ethyl adjacent to an activating group) is 1. The van der Waals surface area contributed by atoms with Crippen LogP contribution in [0.1, 0.15) is 6.92 Å². The van der Waals surface area contributed by atoms with Crippen LogP contribution in [0, 0.1) is 0 Å². The molecule has 0 spiro atoms. The van der Waals surface area contributed by atoms with Gasteiger partial charge in [-0.15, -0.1) is 0 Å². The van der Waals surface area contributed by atoms with Crippen molar-refractivity contribution in [3.05, 3.63) is 0 Å². The lowest BCUT2D eigenvalue weighted by Crippen LogP contribution is -2.42. The molecule has 1 heterocycles. The molecule has 1 unspecified atom stereocenters. The fourth-order valence-corrected chi connectivity index (χ4v) is 1.16. The van der Waals surface area contributed by atoms with Gasteiger partial charge < -0.3 is 16.0 Å². The molecule has 1 rings (SSSR count). The van der Waals surface area contributed by atoms with Gasteiger partial charge in [-0.2, -0.15) is 0 Å². The number of hydrogen-bond donors (Lipinski definition) is 2. The molecule has 0 aromatic rings. The lowest BCUT2D eigenvalue weighted by atomic mass is 10.3. The third kappa shape index (κ3) is 1.26. The van der Waals surface area contributed by atoms with Crippen molar-refractivity contribution in [2.75, 3.05) is 13.1 Å². The van der Waals surface area contributed by atoms with Gasteiger partial charge in [-0.3, -0.25) is 4.79 Å². The SMILES string of the molecule is CCN1C(=O)NCC1C(N)=O. The monoisotopic (exact) mass is 157 g/mol. The van der Waals surface area contributed by atoms with Crippen molar-refractivity contribution in [3.63, 3.8) is 0 Å². The van der Waals surface area contributed by atoms with Crippen LogP contribution in [0.15, 0.2) is 0 Å². The lowest BCUT2D eigenvalue weighted by molar-refractivity contribution is -0.121. The maximum Gasteiger partial charge on any atom is 0.318 e. The number of amides is 3. The molecule has 3 N–H and O–H groups in total. The molecule has 5 nitrogen and oxygen atoms in total. The van der Waals surface area contributed by atoms with Crippen LogP contribution in [-0.2, 0) is 4.79 Å². The van der Waals surface area contributed by atoms with Gasteiger partial charge in [-0.1, -0.05) is 0 Å². The van der Waals surface area contributed by atoms with E-state index < -0.39 is 11.9 Å². The summed E-state index contributed by atoms with van der Waals surface area (Å²) in [6, 6.07) is -0.677. The molecule has 0 saturated carbocycles. The standard InChI is InChI=1S/C6H11N3O2/c1-2-9-4(5(7)10)3-8-6(9)11/h4H,2-3H2,1H3,(H2,7,10)(H,8,11). The Morgan fingerprint density at radius 3 is 2.91 bits per heavy atom. The van der Waals surface area contributed by atoms with Crippen molar-refractivity contribution in [3.8, 4) is 0 Å². The lowest BCUT2D eigenvalue weighted by Gasteiger charge is -2.17. The van der Waals surface area contributed by atoms with E-state index in [4.69, 9.17) is 5.73 Å². The van der Waals surface area contributed by atoms with Gasteiger partial charge in [0.1, 0.15) is 6.04 Å². The number of primary amides is 1. The zero-order valence-electron chi connectivity index (χ0n) is 6.33. The van der Waals surface area contributed by atoms with Gasteiger partial charge in [0.25, 0.3) is 0 Å². The molecule has 11 heavy (non-hydrogen) atoms. The molecule has 0 aromatic heterocycles. The van der Waals surface area contributed by atoms with E-state index in [2.05, 4.69) is 5.32 Å². The number of rotatable bonds is 2. The first-order valence-electron chi connectivity index (χ1n) is 3.50. The van der Waals surface area contributed by atoms with E-state index in [1.54, 1.807) is 6.92 Å². The summed E-state index contributed by atoms with van der Waals surface area (Å²) in [6.45, 7) is 2.66. The number of urea groups is 1. The fraction of sp³-hybridized carbons (Fsp3) is 0.667. The number of nitrogens with two attached hydrogens (primary N) is 1. The average Bonchev–Trinajstić information content (AvgIpc) is 2.30. The second-order valence-corrected chi connectivity index (χ2v) is 2.39. The van der Waals surface area contributed by atoms with Crippen molar-refractivity contribution in [1.29, 1.82) is 0 Å². The largest absolute Gasteiger partial charge is 0.368 e. The van der Waals surface area contributed by atoms with E-state index >= 15 is 0 Å². The van der Waals surface area contributed by atoms with Gasteiger partial charge in [0, 0.05) is 13.1 Å². The highest BCUT2D eigenvalue weighted by Gasteiger charge is 2.32. The minimum Gasteiger partial charge on any atom is -0.368 e. The first-order chi connectivity index (χ1) is 5.16. The summed E-state index contributed by atoms with van der Waals surface area (Å²) in [4.78, 5) is 23.1. The highest BCUT2D eigenvalue weighted by atomic mass is 16.2. The number of carbonyl (C=O) groups is 2. The Bertz CT molecular complexity index is 192. The molecule has 0 aromatic carbocycles. The van der Waals surface area contributed by atoms with E-state index in [9.17, 15) is 9.59 Å². The molecular formula is C6H11N3O2. The molecule has 5 heteroatoms. The highest BCUT2D eigenvalue weighted by Crippen LogP contribution is 2.04. The van der Waals surface area contributed by atoms with Crippen molar-refractivity contribution < 1.29 is 9.59 Å². The predicted octanol–water partition coefficient (Wildman–Crippen LogP) is -1.11. The Kier molecular flexibility index (Phi) is 1.98. The van der Waals surface area contributed by atoms with Crippen molar-refractivity contribution >= 4 is 11.9 Å². The number of carbonyl (C=O) groups excluding carboxylic acids is 2. The van der Waals surface area contributed by atoms with Gasteiger partial charge in [-0.05, 0) is 6.92 Å². The maximum atomic E-state index is 10.9. The normalized spacial score (nSPS) is 23.5. The Hall–Kier alpha value is -1.26. The summed E-state index contributed by atoms with van der Waals surface area (Å²) < 4.78 is 0. The molecule has 0 radical (unpaired) electrons. The van der Waals surface area contributed by atoms with Gasteiger partial charge in [-0.25, -0.2) is 4.79 Å². The van der Waals surface area contributed by atoms with E-state index in [0.717, 1.165) is 0 Å². The zero-order valence-corrected chi connectivity index (χ0v) is 6.33. The van der Waals surface area contributed by atoms with Gasteiger partial charge in [0.2, 0.25) is 5.91 Å². The predicted molar refractivity (Wildman–Crippen MR) is 38.8 cm³/mol. The Morgan fingerprint density at radius 1 is 1.91 bits per heavy atom. The Morgan fingerprint density at radius 2 is 2.55 bits per heavy atom. The Labute approximate surface area is 64.5 Å². The van der Waals surface area contributed by atoms with Crippen LogP contribution in [0.25, 0.3) is 0 Å². The van der Waals surface area contributed by atoms with Crippen LogP contribution >= 0.6 is 0 Å². The minimum atomic E-state index is -0.465. The maximum absolute atomic E-state index is 10.9. The summed E-state index contributed by atoms with van der Waals surface area (Å²) in [5.74, 6) is -0.454. The van der Waals surface area contributed by atoms with Crippen LogP contribution in [0.4, 0.5) is 4.79 Å². The van der Waals surface area contributed by atoms with Crippen molar-refractivity contribution in [2.45, 2.75) is 13.0 Å². The fourth-order valence-electron chi connectivity index (χ4n) is 1.16. The van der Waals surface area contributed by atoms with Crippen LogP contribution in [0.2, 0.25) is 0 Å². The van der Waals surface area contributed by atoms with Gasteiger partial charge in [0.05, 0.1) is 0 Å². The number of hydrogen-bond acceptors (Lipinski definition) is 2. The third-order valence-corrected chi connectivity index (χ3v) is 1.75. The summed E-state index contributed by atoms with van der Waals surface area (Å²) >= 11 is 0. The van der Waals surface area contributed by atoms with Crippen molar-refractivity contribution in [2.24, 2.45) is 5.73 Å². The molecule has 1 aliphatic rings. The first kappa shape index (κ1) is 7.84. The Balaban J connectivity index is 2.68. The summed E-state index contributed by atoms with van der Waals surface area (Å²) in [5, 5.41) is 2.54. The van der Waals surface area contributed by atoms with E-state index in [0.29, 0.717) is 13.1 Å². The van der Waals surface area contributed by atoms with Crippen LogP contribution < -0.4 is 11.1 Å². The van der Waals surface area contributed by atoms with Gasteiger partial charge >= 0.3 is 6.03 Å². The molecule has 1 atom stereocenters. The third-order valence-electron chi connectivity index (χ3n) is 1.75. The summed E-state index contributed by atoms with van der Waals surface area (Å²) in [5.41, 5.74) is 5.05. The minimum absolute atomic E-state index is 0.212. The molecule has 0 aliphatic carbocycles. The molecule has 1 saturated heterocycles. The first-order valence-corrected chi connectivity index (χ1v) is 3.50. The summed E-state index contributed by atoms with van der Waals surface area (Å²) in [6.07, 6.45) is 0. The molecule has 0 bridgehead atoms. The molecular weight excluding hydrogens is 146 g/mol. The average molecular weight is 157 g/mol. The summed E-state index contributed by atoms with van der Waals surface area (Å²) in [7, 11) is 0. The highest BCUT2D eigenvalue weighted by molar-refractivity contribution is 5.89. The van der Waals surface area contributed by atoms with Crippen LogP contribution in [-0.4, -0.2) is 36.0 Å². The van der Waals surface area contributed by atoms with E-state index in [1.165, 1.54) is 4.90 Å². The topological polar surface area (TPSA) is 75.4 Å². The number of nitrogens with zero attached hydrogens (tertiary/aromatic N) is 1. The van der Waals surface area contributed by atoms with E-state index in [-0.39, 0.29) is 6.03 Å². The van der Waals surface area contributed by atoms with E-state index in [1.807, 2.05) is 0 Å². The number of nitrogens with one attached hydrogen (secondary N) is 1. The van der Waals surface area contributed by atoms with Crippen molar-refractivity contribution in [1.82, 2.24) is 10.2 Å². The zero-order chi connectivity index (χ0) is 8.43. The second kappa shape index (κ2) is 2.77. The molecule has 1 fully saturated rings. The molecule has 62 valence electrons. The molecule has 1 aliphatic heterocycles. The smallest absolute Gasteiger partial charge is 0.318 e. The van der Waals surface area contributed by atoms with Crippen LogP contribution in [0.3, 0.4) is 0 Å². The quantitative estimate of drug-likeness (QED) is 0.533. The molecule has 3 amide bonds. The second-order valence-electron chi connectivity index (χ2n) is 2.39. The van der Waals surface area contributed by atoms with Crippen LogP contribution in [0.5, 0.6) is 0 Å².